The molecule has 0 radical (unpaired) electrons. The van der Waals surface area contributed by atoms with Gasteiger partial charge in [0.2, 0.25) is 6.23 Å². The van der Waals surface area contributed by atoms with Crippen LogP contribution in [0, 0.1) is 10.1 Å². The van der Waals surface area contributed by atoms with Crippen LogP contribution < -0.4 is 14.2 Å². The molecule has 3 aromatic rings. The Kier molecular flexibility index (Phi) is 7.25. The zero-order valence-corrected chi connectivity index (χ0v) is 21.1. The summed E-state index contributed by atoms with van der Waals surface area (Å²) in [6.07, 6.45) is 4.79. The molecular weight excluding hydrogens is 470 g/mol. The van der Waals surface area contributed by atoms with E-state index in [0.29, 0.717) is 18.8 Å². The summed E-state index contributed by atoms with van der Waals surface area (Å²) in [7, 11) is 1.64. The molecule has 0 saturated carbocycles. The first-order valence-corrected chi connectivity index (χ1v) is 12.8. The number of non-ortho nitro benzene ring substituents is 1. The summed E-state index contributed by atoms with van der Waals surface area (Å²) in [6.45, 7) is 2.90. The molecule has 0 aliphatic carbocycles. The number of nitro groups is 1. The Hall–Kier alpha value is -4.07. The Balaban J connectivity index is 1.42. The zero-order chi connectivity index (χ0) is 25.8. The molecule has 2 aliphatic heterocycles. The molecule has 5 rings (SSSR count). The topological polar surface area (TPSA) is 86.4 Å². The summed E-state index contributed by atoms with van der Waals surface area (Å²) in [5, 5.41) is 18.3. The van der Waals surface area contributed by atoms with E-state index in [-0.39, 0.29) is 16.7 Å². The molecule has 0 aromatic heterocycles. The predicted molar refractivity (Wildman–Crippen MR) is 141 cm³/mol. The van der Waals surface area contributed by atoms with Crippen molar-refractivity contribution in [3.8, 4) is 17.2 Å². The average molecular weight is 502 g/mol. The highest BCUT2D eigenvalue weighted by molar-refractivity contribution is 6.02. The lowest BCUT2D eigenvalue weighted by Crippen LogP contribution is -2.33. The highest BCUT2D eigenvalue weighted by Crippen LogP contribution is 2.48. The van der Waals surface area contributed by atoms with Gasteiger partial charge in [-0.3, -0.25) is 10.1 Å². The highest BCUT2D eigenvalue weighted by Gasteiger charge is 2.41. The molecule has 8 heteroatoms. The van der Waals surface area contributed by atoms with Gasteiger partial charge in [0.25, 0.3) is 5.69 Å². The standard InChI is InChI=1S/C29H31N3O5/c1-3-4-5-6-17-36-24-14-9-21(10-15-24)29-31-27(25-18-22(32(33)34)11-16-28(25)37-29)19-26(30-31)20-7-12-23(35-2)13-8-20/h7-16,18,27,29H,3-6,17,19H2,1-2H3. The SMILES string of the molecule is CCCCCCOc1ccc(C2Oc3ccc([N+](=O)[O-])cc3C3CC(c4ccc(OC)cc4)=NN32)cc1. The molecular formula is C29H31N3O5. The summed E-state index contributed by atoms with van der Waals surface area (Å²) in [5.74, 6) is 2.24. The molecule has 0 amide bonds. The molecule has 0 N–H and O–H groups in total. The molecule has 0 bridgehead atoms. The summed E-state index contributed by atoms with van der Waals surface area (Å²) in [5.41, 5.74) is 3.62. The van der Waals surface area contributed by atoms with Gasteiger partial charge in [-0.25, -0.2) is 5.01 Å². The van der Waals surface area contributed by atoms with Gasteiger partial charge in [-0.2, -0.15) is 5.10 Å². The minimum atomic E-state index is -0.465. The second kappa shape index (κ2) is 10.9. The van der Waals surface area contributed by atoms with E-state index in [0.717, 1.165) is 40.3 Å². The predicted octanol–water partition coefficient (Wildman–Crippen LogP) is 6.80. The minimum absolute atomic E-state index is 0.0408. The van der Waals surface area contributed by atoms with E-state index in [4.69, 9.17) is 19.3 Å². The van der Waals surface area contributed by atoms with Crippen molar-refractivity contribution in [2.75, 3.05) is 13.7 Å². The van der Waals surface area contributed by atoms with E-state index in [1.807, 2.05) is 53.5 Å². The number of nitro benzene ring substituents is 1. The number of fused-ring (bicyclic) bond motifs is 3. The summed E-state index contributed by atoms with van der Waals surface area (Å²) in [6, 6.07) is 20.3. The second-order valence-electron chi connectivity index (χ2n) is 9.30. The zero-order valence-electron chi connectivity index (χ0n) is 21.1. The Morgan fingerprint density at radius 2 is 1.78 bits per heavy atom. The highest BCUT2D eigenvalue weighted by atomic mass is 16.6. The molecule has 3 aromatic carbocycles. The number of ether oxygens (including phenoxy) is 3. The van der Waals surface area contributed by atoms with Gasteiger partial charge in [-0.15, -0.1) is 0 Å². The van der Waals surface area contributed by atoms with E-state index in [1.165, 1.54) is 25.3 Å². The van der Waals surface area contributed by atoms with Crippen molar-refractivity contribution in [2.45, 2.75) is 51.3 Å². The third-order valence-corrected chi connectivity index (χ3v) is 6.84. The normalized spacial score (nSPS) is 17.9. The first-order valence-electron chi connectivity index (χ1n) is 12.8. The van der Waals surface area contributed by atoms with Crippen molar-refractivity contribution in [3.05, 3.63) is 93.5 Å². The van der Waals surface area contributed by atoms with Crippen molar-refractivity contribution in [1.82, 2.24) is 5.01 Å². The van der Waals surface area contributed by atoms with E-state index < -0.39 is 6.23 Å². The van der Waals surface area contributed by atoms with Crippen molar-refractivity contribution in [2.24, 2.45) is 5.10 Å². The number of unbranched alkanes of at least 4 members (excludes halogenated alkanes) is 3. The first kappa shape index (κ1) is 24.6. The molecule has 2 unspecified atom stereocenters. The van der Waals surface area contributed by atoms with Crippen molar-refractivity contribution >= 4 is 11.4 Å². The van der Waals surface area contributed by atoms with Gasteiger partial charge in [0.15, 0.2) is 0 Å². The van der Waals surface area contributed by atoms with Crippen LogP contribution in [-0.2, 0) is 0 Å². The van der Waals surface area contributed by atoms with Crippen LogP contribution in [0.5, 0.6) is 17.2 Å². The Morgan fingerprint density at radius 1 is 1.03 bits per heavy atom. The van der Waals surface area contributed by atoms with Crippen LogP contribution in [0.2, 0.25) is 0 Å². The molecule has 2 aliphatic rings. The Morgan fingerprint density at radius 3 is 2.49 bits per heavy atom. The van der Waals surface area contributed by atoms with Gasteiger partial charge in [0, 0.05) is 29.7 Å². The third kappa shape index (κ3) is 5.23. The molecule has 0 spiro atoms. The van der Waals surface area contributed by atoms with Gasteiger partial charge in [-0.05, 0) is 66.6 Å². The van der Waals surface area contributed by atoms with Crippen LogP contribution >= 0.6 is 0 Å². The van der Waals surface area contributed by atoms with Crippen LogP contribution in [-0.4, -0.2) is 29.4 Å². The molecule has 2 atom stereocenters. The van der Waals surface area contributed by atoms with E-state index >= 15 is 0 Å². The van der Waals surface area contributed by atoms with Crippen LogP contribution in [0.25, 0.3) is 0 Å². The Labute approximate surface area is 216 Å². The third-order valence-electron chi connectivity index (χ3n) is 6.84. The lowest BCUT2D eigenvalue weighted by molar-refractivity contribution is -0.385. The van der Waals surface area contributed by atoms with Gasteiger partial charge in [-0.1, -0.05) is 26.2 Å². The van der Waals surface area contributed by atoms with Gasteiger partial charge >= 0.3 is 0 Å². The van der Waals surface area contributed by atoms with Gasteiger partial charge < -0.3 is 14.2 Å². The fourth-order valence-corrected chi connectivity index (χ4v) is 4.81. The Bertz CT molecular complexity index is 1270. The number of methoxy groups -OCH3 is 1. The van der Waals surface area contributed by atoms with E-state index in [9.17, 15) is 10.1 Å². The van der Waals surface area contributed by atoms with Crippen molar-refractivity contribution in [1.29, 1.82) is 0 Å². The number of hydrogen-bond acceptors (Lipinski definition) is 7. The van der Waals surface area contributed by atoms with Crippen LogP contribution in [0.15, 0.2) is 71.8 Å². The number of benzene rings is 3. The fourth-order valence-electron chi connectivity index (χ4n) is 4.81. The molecule has 2 heterocycles. The smallest absolute Gasteiger partial charge is 0.270 e. The number of nitrogens with zero attached hydrogens (tertiary/aromatic N) is 3. The first-order chi connectivity index (χ1) is 18.1. The second-order valence-corrected chi connectivity index (χ2v) is 9.30. The van der Waals surface area contributed by atoms with E-state index in [2.05, 4.69) is 6.92 Å². The number of rotatable bonds is 10. The quantitative estimate of drug-likeness (QED) is 0.172. The lowest BCUT2D eigenvalue weighted by Gasteiger charge is -2.38. The number of hydrazone groups is 1. The fraction of sp³-hybridized carbons (Fsp3) is 0.345. The molecule has 192 valence electrons. The molecule has 0 fully saturated rings. The largest absolute Gasteiger partial charge is 0.497 e. The summed E-state index contributed by atoms with van der Waals surface area (Å²) < 4.78 is 17.6. The van der Waals surface area contributed by atoms with Crippen molar-refractivity contribution in [3.63, 3.8) is 0 Å². The van der Waals surface area contributed by atoms with Crippen LogP contribution in [0.1, 0.15) is 68.0 Å². The summed E-state index contributed by atoms with van der Waals surface area (Å²) >= 11 is 0. The number of hydrogen-bond donors (Lipinski definition) is 0. The molecule has 0 saturated heterocycles. The van der Waals surface area contributed by atoms with Crippen LogP contribution in [0.4, 0.5) is 5.69 Å². The maximum atomic E-state index is 11.5. The molecule has 8 nitrogen and oxygen atoms in total. The summed E-state index contributed by atoms with van der Waals surface area (Å²) in [4.78, 5) is 11.1. The van der Waals surface area contributed by atoms with E-state index in [1.54, 1.807) is 19.2 Å². The maximum absolute atomic E-state index is 11.5. The molecule has 37 heavy (non-hydrogen) atoms. The maximum Gasteiger partial charge on any atom is 0.270 e. The lowest BCUT2D eigenvalue weighted by atomic mass is 9.95. The van der Waals surface area contributed by atoms with Crippen molar-refractivity contribution < 1.29 is 19.1 Å². The van der Waals surface area contributed by atoms with Crippen LogP contribution in [0.3, 0.4) is 0 Å². The van der Waals surface area contributed by atoms with Gasteiger partial charge in [0.1, 0.15) is 17.2 Å². The minimum Gasteiger partial charge on any atom is -0.497 e. The average Bonchev–Trinajstić information content (AvgIpc) is 3.38. The monoisotopic (exact) mass is 501 g/mol. The van der Waals surface area contributed by atoms with Gasteiger partial charge in [0.05, 0.1) is 30.4 Å².